The van der Waals surface area contributed by atoms with Gasteiger partial charge in [0, 0.05) is 18.6 Å². The van der Waals surface area contributed by atoms with Gasteiger partial charge in [-0.3, -0.25) is 5.92 Å². The minimum Gasteiger partial charge on any atom is -0.358 e. The maximum Gasteiger partial charge on any atom is 0 e. The van der Waals surface area contributed by atoms with Crippen LogP contribution in [0.2, 0.25) is 0 Å². The first kappa shape index (κ1) is 15.0. The SMILES string of the molecule is [C-]#CC#CC#CC#CC#CC#CC#C.[V]. The quantitative estimate of drug-likeness (QED) is 0.405. The van der Waals surface area contributed by atoms with Crippen LogP contribution in [0.15, 0.2) is 0 Å². The number of hydrogen-bond donors (Lipinski definition) is 0. The second-order valence-corrected chi connectivity index (χ2v) is 1.52. The van der Waals surface area contributed by atoms with Crippen LogP contribution in [-0.2, 0) is 18.6 Å². The third-order valence-electron chi connectivity index (χ3n) is 0.697. The van der Waals surface area contributed by atoms with Crippen molar-refractivity contribution >= 4 is 0 Å². The Morgan fingerprint density at radius 3 is 1.27 bits per heavy atom. The van der Waals surface area contributed by atoms with E-state index in [-0.39, 0.29) is 18.6 Å². The fourth-order valence-electron chi connectivity index (χ4n) is 0.317. The summed E-state index contributed by atoms with van der Waals surface area (Å²) in [6.07, 6.45) is 11.3. The Labute approximate surface area is 102 Å². The van der Waals surface area contributed by atoms with Crippen LogP contribution in [0, 0.1) is 83.9 Å². The molecule has 0 aromatic rings. The maximum absolute atomic E-state index is 6.43. The molecule has 0 bridgehead atoms. The van der Waals surface area contributed by atoms with Gasteiger partial charge < -0.3 is 6.42 Å². The molecule has 0 saturated carbocycles. The minimum atomic E-state index is 0. The summed E-state index contributed by atoms with van der Waals surface area (Å²) in [6.45, 7) is 0. The number of terminal acetylenes is 1. The van der Waals surface area contributed by atoms with Crippen LogP contribution in [-0.4, -0.2) is 0 Å². The molecule has 63 valence electrons. The molecule has 15 heavy (non-hydrogen) atoms. The van der Waals surface area contributed by atoms with E-state index < -0.39 is 0 Å². The van der Waals surface area contributed by atoms with Gasteiger partial charge in [-0.15, -0.1) is 12.3 Å². The van der Waals surface area contributed by atoms with Crippen molar-refractivity contribution in [2.24, 2.45) is 0 Å². The van der Waals surface area contributed by atoms with E-state index in [1.54, 1.807) is 0 Å². The first-order valence-corrected chi connectivity index (χ1v) is 3.29. The van der Waals surface area contributed by atoms with Gasteiger partial charge in [0.1, 0.15) is 0 Å². The van der Waals surface area contributed by atoms with Crippen molar-refractivity contribution in [3.05, 3.63) is 6.42 Å². The van der Waals surface area contributed by atoms with E-state index in [2.05, 4.69) is 65.1 Å². The molecule has 1 radical (unpaired) electrons. The molecule has 0 spiro atoms. The second-order valence-electron chi connectivity index (χ2n) is 1.52. The third kappa shape index (κ3) is 14.4. The molecule has 0 aromatic carbocycles. The molecule has 0 fully saturated rings. The summed E-state index contributed by atoms with van der Waals surface area (Å²) in [4.78, 5) is 0. The van der Waals surface area contributed by atoms with Crippen molar-refractivity contribution in [1.29, 1.82) is 0 Å². The predicted octanol–water partition coefficient (Wildman–Crippen LogP) is 0.224. The fraction of sp³-hybridized carbons (Fsp3) is 0. The summed E-state index contributed by atoms with van der Waals surface area (Å²) in [5, 5.41) is 0. The van der Waals surface area contributed by atoms with Crippen LogP contribution in [0.5, 0.6) is 0 Å². The van der Waals surface area contributed by atoms with Gasteiger partial charge in [0.25, 0.3) is 0 Å². The van der Waals surface area contributed by atoms with Crippen LogP contribution >= 0.6 is 0 Å². The molecular weight excluding hydrogens is 219 g/mol. The summed E-state index contributed by atoms with van der Waals surface area (Å²) in [6, 6.07) is 0. The standard InChI is InChI=1S/C14H.V/c1-3-5-7-9-11-13-14-12-10-8-6-4-2;/h1H;/q-1;. The summed E-state index contributed by atoms with van der Waals surface area (Å²) in [5.41, 5.74) is 0. The number of rotatable bonds is 0. The molecule has 0 aliphatic carbocycles. The minimum absolute atomic E-state index is 0. The zero-order chi connectivity index (χ0) is 10.5. The first-order chi connectivity index (χ1) is 6.91. The topological polar surface area (TPSA) is 0 Å². The molecule has 0 aromatic heterocycles. The summed E-state index contributed by atoms with van der Waals surface area (Å²) < 4.78 is 0. The largest absolute Gasteiger partial charge is 0.358 e. The fourth-order valence-corrected chi connectivity index (χ4v) is 0.317. The van der Waals surface area contributed by atoms with E-state index in [0.29, 0.717) is 0 Å². The van der Waals surface area contributed by atoms with E-state index in [1.165, 1.54) is 0 Å². The zero-order valence-corrected chi connectivity index (χ0v) is 8.92. The molecule has 0 aliphatic rings. The van der Waals surface area contributed by atoms with Crippen LogP contribution < -0.4 is 0 Å². The molecule has 0 N–H and O–H groups in total. The average Bonchev–Trinajstić information content (AvgIpc) is 2.21. The molecule has 0 nitrogen and oxygen atoms in total. The molecule has 0 amide bonds. The van der Waals surface area contributed by atoms with E-state index in [1.807, 2.05) is 5.92 Å². The van der Waals surface area contributed by atoms with Crippen LogP contribution in [0.3, 0.4) is 0 Å². The monoisotopic (exact) mass is 220 g/mol. The Hall–Kier alpha value is -2.50. The molecule has 0 atom stereocenters. The van der Waals surface area contributed by atoms with E-state index in [0.717, 1.165) is 0 Å². The predicted molar refractivity (Wildman–Crippen MR) is 54.8 cm³/mol. The van der Waals surface area contributed by atoms with Crippen LogP contribution in [0.4, 0.5) is 0 Å². The van der Waals surface area contributed by atoms with Gasteiger partial charge in [-0.2, -0.15) is 0 Å². The molecule has 0 rings (SSSR count). The summed E-state index contributed by atoms with van der Waals surface area (Å²) in [5.74, 6) is 27.7. The van der Waals surface area contributed by atoms with Crippen molar-refractivity contribution in [3.8, 4) is 77.5 Å². The summed E-state index contributed by atoms with van der Waals surface area (Å²) >= 11 is 0. The Morgan fingerprint density at radius 1 is 0.600 bits per heavy atom. The third-order valence-corrected chi connectivity index (χ3v) is 0.697. The van der Waals surface area contributed by atoms with Gasteiger partial charge in [0.05, 0.1) is 0 Å². The Kier molecular flexibility index (Phi) is 14.1. The van der Waals surface area contributed by atoms with E-state index in [9.17, 15) is 0 Å². The van der Waals surface area contributed by atoms with Gasteiger partial charge >= 0.3 is 0 Å². The molecular formula is C14HV-. The Bertz CT molecular complexity index is 526. The van der Waals surface area contributed by atoms with E-state index >= 15 is 0 Å². The smallest absolute Gasteiger partial charge is 0 e. The first-order valence-electron chi connectivity index (χ1n) is 3.29. The second kappa shape index (κ2) is 14.1. The van der Waals surface area contributed by atoms with Gasteiger partial charge in [0.15, 0.2) is 0 Å². The van der Waals surface area contributed by atoms with Crippen molar-refractivity contribution in [3.63, 3.8) is 0 Å². The molecule has 1 heteroatoms. The van der Waals surface area contributed by atoms with Crippen LogP contribution in [0.1, 0.15) is 0 Å². The van der Waals surface area contributed by atoms with Crippen LogP contribution in [0.25, 0.3) is 0 Å². The Morgan fingerprint density at radius 2 is 0.933 bits per heavy atom. The normalized spacial score (nSPS) is 3.33. The maximum atomic E-state index is 6.43. The zero-order valence-electron chi connectivity index (χ0n) is 7.52. The van der Waals surface area contributed by atoms with Crippen molar-refractivity contribution in [1.82, 2.24) is 0 Å². The summed E-state index contributed by atoms with van der Waals surface area (Å²) in [7, 11) is 0. The molecule has 0 aliphatic heterocycles. The van der Waals surface area contributed by atoms with Crippen molar-refractivity contribution < 1.29 is 18.6 Å². The molecule has 0 heterocycles. The van der Waals surface area contributed by atoms with Gasteiger partial charge in [0.2, 0.25) is 0 Å². The average molecular weight is 220 g/mol. The van der Waals surface area contributed by atoms with Gasteiger partial charge in [-0.05, 0) is 53.3 Å². The van der Waals surface area contributed by atoms with Crippen molar-refractivity contribution in [2.45, 2.75) is 0 Å². The molecule has 0 unspecified atom stereocenters. The van der Waals surface area contributed by atoms with Gasteiger partial charge in [-0.1, -0.05) is 0 Å². The van der Waals surface area contributed by atoms with E-state index in [4.69, 9.17) is 12.8 Å². The van der Waals surface area contributed by atoms with Crippen molar-refractivity contribution in [2.75, 3.05) is 0 Å². The number of hydrogen-bond acceptors (Lipinski definition) is 0. The Balaban J connectivity index is 0. The molecule has 0 saturated heterocycles. The van der Waals surface area contributed by atoms with Gasteiger partial charge in [-0.25, -0.2) is 5.92 Å².